The van der Waals surface area contributed by atoms with Crippen molar-refractivity contribution in [2.24, 2.45) is 5.92 Å². The predicted molar refractivity (Wildman–Crippen MR) is 85.1 cm³/mol. The molecule has 4 heteroatoms. The maximum absolute atomic E-state index is 9.95. The summed E-state index contributed by atoms with van der Waals surface area (Å²) in [5, 5.41) is 13.4. The second kappa shape index (κ2) is 8.01. The molecule has 0 spiro atoms. The van der Waals surface area contributed by atoms with Gasteiger partial charge in [0.15, 0.2) is 0 Å². The summed E-state index contributed by atoms with van der Waals surface area (Å²) in [7, 11) is 0. The number of halogens is 1. The highest BCUT2D eigenvalue weighted by molar-refractivity contribution is 9.10. The Kier molecular flexibility index (Phi) is 6.33. The Bertz CT molecular complexity index is 388. The van der Waals surface area contributed by atoms with E-state index in [1.54, 1.807) is 0 Å². The zero-order valence-electron chi connectivity index (χ0n) is 12.0. The summed E-state index contributed by atoms with van der Waals surface area (Å²) >= 11 is 3.38. The Morgan fingerprint density at radius 2 is 1.90 bits per heavy atom. The van der Waals surface area contributed by atoms with Crippen LogP contribution in [0.25, 0.3) is 0 Å². The minimum absolute atomic E-state index is 0.331. The highest BCUT2D eigenvalue weighted by atomic mass is 79.9. The molecule has 0 saturated heterocycles. The number of aliphatic hydroxyl groups is 1. The zero-order chi connectivity index (χ0) is 14.4. The van der Waals surface area contributed by atoms with Gasteiger partial charge in [0, 0.05) is 17.1 Å². The van der Waals surface area contributed by atoms with E-state index in [-0.39, 0.29) is 0 Å². The summed E-state index contributed by atoms with van der Waals surface area (Å²) < 4.78 is 6.60. The maximum atomic E-state index is 9.95. The summed E-state index contributed by atoms with van der Waals surface area (Å²) in [4.78, 5) is 0. The number of hydrogen-bond donors (Lipinski definition) is 2. The zero-order valence-corrected chi connectivity index (χ0v) is 13.6. The molecular formula is C16H24BrNO2. The van der Waals surface area contributed by atoms with Crippen molar-refractivity contribution in [1.29, 1.82) is 0 Å². The minimum Gasteiger partial charge on any atom is -0.491 e. The van der Waals surface area contributed by atoms with Crippen molar-refractivity contribution in [1.82, 2.24) is 5.32 Å². The number of aliphatic hydroxyl groups excluding tert-OH is 1. The topological polar surface area (TPSA) is 41.5 Å². The summed E-state index contributed by atoms with van der Waals surface area (Å²) in [5.74, 6) is 1.65. The smallest absolute Gasteiger partial charge is 0.119 e. The number of hydrogen-bond acceptors (Lipinski definition) is 3. The van der Waals surface area contributed by atoms with Gasteiger partial charge >= 0.3 is 0 Å². The molecule has 1 aromatic carbocycles. The monoisotopic (exact) mass is 341 g/mol. The highest BCUT2D eigenvalue weighted by Crippen LogP contribution is 2.23. The Labute approximate surface area is 129 Å². The molecule has 0 aliphatic heterocycles. The Balaban J connectivity index is 1.62. The molecule has 0 bridgehead atoms. The lowest BCUT2D eigenvalue weighted by atomic mass is 9.87. The van der Waals surface area contributed by atoms with Gasteiger partial charge < -0.3 is 15.2 Å². The molecule has 3 nitrogen and oxygen atoms in total. The SMILES string of the molecule is CC1CCC(NCC(O)COc2ccc(Br)cc2)CC1. The van der Waals surface area contributed by atoms with Gasteiger partial charge in [0.2, 0.25) is 0 Å². The lowest BCUT2D eigenvalue weighted by molar-refractivity contribution is 0.101. The second-order valence-corrected chi connectivity index (χ2v) is 6.70. The van der Waals surface area contributed by atoms with Crippen LogP contribution in [-0.2, 0) is 0 Å². The first kappa shape index (κ1) is 15.8. The molecule has 20 heavy (non-hydrogen) atoms. The van der Waals surface area contributed by atoms with Gasteiger partial charge in [0.25, 0.3) is 0 Å². The van der Waals surface area contributed by atoms with Crippen LogP contribution in [0.5, 0.6) is 5.75 Å². The van der Waals surface area contributed by atoms with E-state index in [9.17, 15) is 5.11 Å². The second-order valence-electron chi connectivity index (χ2n) is 5.78. The van der Waals surface area contributed by atoms with E-state index in [4.69, 9.17) is 4.74 Å². The highest BCUT2D eigenvalue weighted by Gasteiger charge is 2.18. The van der Waals surface area contributed by atoms with Crippen molar-refractivity contribution in [3.05, 3.63) is 28.7 Å². The molecule has 0 amide bonds. The van der Waals surface area contributed by atoms with Gasteiger partial charge in [-0.2, -0.15) is 0 Å². The third kappa shape index (κ3) is 5.43. The summed E-state index contributed by atoms with van der Waals surface area (Å²) in [6, 6.07) is 8.22. The molecule has 1 saturated carbocycles. The first-order valence-electron chi connectivity index (χ1n) is 7.43. The van der Waals surface area contributed by atoms with E-state index >= 15 is 0 Å². The molecule has 1 aliphatic carbocycles. The predicted octanol–water partition coefficient (Wildman–Crippen LogP) is 3.36. The fourth-order valence-electron chi connectivity index (χ4n) is 2.55. The van der Waals surface area contributed by atoms with E-state index in [0.717, 1.165) is 16.1 Å². The number of ether oxygens (including phenoxy) is 1. The van der Waals surface area contributed by atoms with E-state index in [1.807, 2.05) is 24.3 Å². The van der Waals surface area contributed by atoms with Crippen molar-refractivity contribution >= 4 is 15.9 Å². The molecule has 1 fully saturated rings. The third-order valence-corrected chi connectivity index (χ3v) is 4.44. The largest absolute Gasteiger partial charge is 0.491 e. The normalized spacial score (nSPS) is 24.4. The van der Waals surface area contributed by atoms with E-state index in [0.29, 0.717) is 19.2 Å². The van der Waals surface area contributed by atoms with E-state index < -0.39 is 6.10 Å². The number of rotatable bonds is 6. The van der Waals surface area contributed by atoms with Crippen molar-refractivity contribution < 1.29 is 9.84 Å². The van der Waals surface area contributed by atoms with Crippen LogP contribution in [-0.4, -0.2) is 30.4 Å². The van der Waals surface area contributed by atoms with Gasteiger partial charge in [0.1, 0.15) is 18.5 Å². The summed E-state index contributed by atoms with van der Waals surface area (Å²) in [5.41, 5.74) is 0. The van der Waals surface area contributed by atoms with Crippen LogP contribution in [0.2, 0.25) is 0 Å². The van der Waals surface area contributed by atoms with Crippen LogP contribution in [0.3, 0.4) is 0 Å². The fourth-order valence-corrected chi connectivity index (χ4v) is 2.81. The molecule has 1 aliphatic rings. The van der Waals surface area contributed by atoms with Crippen LogP contribution in [0.4, 0.5) is 0 Å². The van der Waals surface area contributed by atoms with Crippen LogP contribution < -0.4 is 10.1 Å². The van der Waals surface area contributed by atoms with Crippen molar-refractivity contribution in [3.63, 3.8) is 0 Å². The Hall–Kier alpha value is -0.580. The molecule has 0 radical (unpaired) electrons. The minimum atomic E-state index is -0.460. The Morgan fingerprint density at radius 1 is 1.25 bits per heavy atom. The fraction of sp³-hybridized carbons (Fsp3) is 0.625. The molecule has 1 atom stereocenters. The lowest BCUT2D eigenvalue weighted by Gasteiger charge is -2.27. The molecule has 1 unspecified atom stereocenters. The van der Waals surface area contributed by atoms with Crippen molar-refractivity contribution in [2.45, 2.75) is 44.8 Å². The van der Waals surface area contributed by atoms with Crippen LogP contribution in [0, 0.1) is 5.92 Å². The molecule has 2 rings (SSSR count). The molecular weight excluding hydrogens is 318 g/mol. The summed E-state index contributed by atoms with van der Waals surface area (Å²) in [6.07, 6.45) is 4.58. The van der Waals surface area contributed by atoms with Gasteiger partial charge in [-0.3, -0.25) is 0 Å². The average molecular weight is 342 g/mol. The van der Waals surface area contributed by atoms with Crippen molar-refractivity contribution in [3.8, 4) is 5.75 Å². The standard InChI is InChI=1S/C16H24BrNO2/c1-12-2-6-14(7-3-12)18-10-15(19)11-20-16-8-4-13(17)5-9-16/h4-5,8-9,12,14-15,18-19H,2-3,6-7,10-11H2,1H3. The number of nitrogens with one attached hydrogen (secondary N) is 1. The summed E-state index contributed by atoms with van der Waals surface area (Å²) in [6.45, 7) is 3.25. The van der Waals surface area contributed by atoms with E-state index in [2.05, 4.69) is 28.2 Å². The lowest BCUT2D eigenvalue weighted by Crippen LogP contribution is -2.39. The molecule has 0 aromatic heterocycles. The number of benzene rings is 1. The van der Waals surface area contributed by atoms with Crippen LogP contribution in [0.1, 0.15) is 32.6 Å². The van der Waals surface area contributed by atoms with Crippen LogP contribution >= 0.6 is 15.9 Å². The first-order valence-corrected chi connectivity index (χ1v) is 8.22. The van der Waals surface area contributed by atoms with E-state index in [1.165, 1.54) is 25.7 Å². The van der Waals surface area contributed by atoms with Crippen molar-refractivity contribution in [2.75, 3.05) is 13.2 Å². The Morgan fingerprint density at radius 3 is 2.55 bits per heavy atom. The van der Waals surface area contributed by atoms with Gasteiger partial charge in [-0.25, -0.2) is 0 Å². The van der Waals surface area contributed by atoms with Gasteiger partial charge in [0.05, 0.1) is 0 Å². The van der Waals surface area contributed by atoms with Gasteiger partial charge in [-0.15, -0.1) is 0 Å². The molecule has 1 aromatic rings. The third-order valence-electron chi connectivity index (χ3n) is 3.91. The van der Waals surface area contributed by atoms with Crippen LogP contribution in [0.15, 0.2) is 28.7 Å². The van der Waals surface area contributed by atoms with Gasteiger partial charge in [-0.05, 0) is 55.9 Å². The quantitative estimate of drug-likeness (QED) is 0.833. The molecule has 0 heterocycles. The molecule has 112 valence electrons. The first-order chi connectivity index (χ1) is 9.63. The molecule has 2 N–H and O–H groups in total. The average Bonchev–Trinajstić information content (AvgIpc) is 2.46. The van der Waals surface area contributed by atoms with Gasteiger partial charge in [-0.1, -0.05) is 22.9 Å². The maximum Gasteiger partial charge on any atom is 0.119 e.